The molecule has 0 aliphatic carbocycles. The van der Waals surface area contributed by atoms with Crippen molar-refractivity contribution in [1.82, 2.24) is 19.9 Å². The van der Waals surface area contributed by atoms with Crippen LogP contribution in [0.1, 0.15) is 17.8 Å². The van der Waals surface area contributed by atoms with Crippen LogP contribution in [0.3, 0.4) is 0 Å². The Morgan fingerprint density at radius 1 is 1.30 bits per heavy atom. The van der Waals surface area contributed by atoms with Crippen molar-refractivity contribution in [2.24, 2.45) is 0 Å². The molecule has 1 aromatic carbocycles. The fourth-order valence-electron chi connectivity index (χ4n) is 2.22. The normalized spacial score (nSPS) is 11.3. The number of carbonyl (C=O) groups is 1. The SMILES string of the molecule is O=C(/C=C/c1nc2ccccc2s1)NCCCCn1ccnc1. The zero-order valence-electron chi connectivity index (χ0n) is 12.7. The van der Waals surface area contributed by atoms with E-state index in [1.807, 2.05) is 35.0 Å². The first kappa shape index (κ1) is 15.4. The lowest BCUT2D eigenvalue weighted by molar-refractivity contribution is -0.116. The van der Waals surface area contributed by atoms with Crippen LogP contribution in [0.25, 0.3) is 16.3 Å². The van der Waals surface area contributed by atoms with Crippen molar-refractivity contribution >= 4 is 33.5 Å². The average molecular weight is 326 g/mol. The predicted octanol–water partition coefficient (Wildman–Crippen LogP) is 3.10. The minimum absolute atomic E-state index is 0.0770. The number of aromatic nitrogens is 3. The molecule has 2 aromatic heterocycles. The van der Waals surface area contributed by atoms with Gasteiger partial charge in [-0.3, -0.25) is 4.79 Å². The summed E-state index contributed by atoms with van der Waals surface area (Å²) in [5.41, 5.74) is 0.969. The number of imidazole rings is 1. The molecule has 1 amide bonds. The van der Waals surface area contributed by atoms with Gasteiger partial charge in [-0.25, -0.2) is 9.97 Å². The molecule has 0 saturated heterocycles. The van der Waals surface area contributed by atoms with Gasteiger partial charge in [-0.1, -0.05) is 12.1 Å². The van der Waals surface area contributed by atoms with Crippen molar-refractivity contribution in [2.75, 3.05) is 6.54 Å². The van der Waals surface area contributed by atoms with Gasteiger partial charge in [0.2, 0.25) is 5.91 Å². The molecule has 0 spiro atoms. The largest absolute Gasteiger partial charge is 0.353 e. The van der Waals surface area contributed by atoms with Crippen LogP contribution in [-0.4, -0.2) is 27.0 Å². The molecule has 3 aromatic rings. The molecule has 0 unspecified atom stereocenters. The van der Waals surface area contributed by atoms with Crippen molar-refractivity contribution in [3.05, 3.63) is 54.1 Å². The molecule has 0 fully saturated rings. The quantitative estimate of drug-likeness (QED) is 0.536. The Bertz CT molecular complexity index is 759. The van der Waals surface area contributed by atoms with Gasteiger partial charge in [-0.05, 0) is 31.1 Å². The summed E-state index contributed by atoms with van der Waals surface area (Å²) < 4.78 is 3.17. The molecule has 0 atom stereocenters. The number of unbranched alkanes of at least 4 members (excludes halogenated alkanes) is 1. The summed E-state index contributed by atoms with van der Waals surface area (Å²) in [6, 6.07) is 7.96. The third-order valence-corrected chi connectivity index (χ3v) is 4.39. The van der Waals surface area contributed by atoms with Gasteiger partial charge in [-0.15, -0.1) is 11.3 Å². The Kier molecular flexibility index (Phi) is 5.16. The molecule has 0 aliphatic rings. The molecule has 1 N–H and O–H groups in total. The molecule has 118 valence electrons. The molecule has 0 aliphatic heterocycles. The van der Waals surface area contributed by atoms with Crippen molar-refractivity contribution in [2.45, 2.75) is 19.4 Å². The number of carbonyl (C=O) groups excluding carboxylic acids is 1. The van der Waals surface area contributed by atoms with E-state index < -0.39 is 0 Å². The standard InChI is InChI=1S/C17H18N4OS/c22-16(19-9-3-4-11-21-12-10-18-13-21)7-8-17-20-14-5-1-2-6-15(14)23-17/h1-2,5-8,10,12-13H,3-4,9,11H2,(H,19,22)/b8-7+. The van der Waals surface area contributed by atoms with E-state index >= 15 is 0 Å². The summed E-state index contributed by atoms with van der Waals surface area (Å²) in [5, 5.41) is 3.74. The van der Waals surface area contributed by atoms with Gasteiger partial charge in [-0.2, -0.15) is 0 Å². The van der Waals surface area contributed by atoms with Crippen LogP contribution in [0.15, 0.2) is 49.1 Å². The second kappa shape index (κ2) is 7.69. The maximum atomic E-state index is 11.8. The van der Waals surface area contributed by atoms with E-state index in [0.29, 0.717) is 6.54 Å². The van der Waals surface area contributed by atoms with Crippen LogP contribution >= 0.6 is 11.3 Å². The first-order valence-electron chi connectivity index (χ1n) is 7.58. The van der Waals surface area contributed by atoms with Gasteiger partial charge < -0.3 is 9.88 Å². The Morgan fingerprint density at radius 3 is 3.04 bits per heavy atom. The smallest absolute Gasteiger partial charge is 0.244 e. The fraction of sp³-hybridized carbons (Fsp3) is 0.235. The molecule has 0 saturated carbocycles. The Morgan fingerprint density at radius 2 is 2.22 bits per heavy atom. The Hall–Kier alpha value is -2.47. The molecule has 0 radical (unpaired) electrons. The number of aryl methyl sites for hydroxylation is 1. The monoisotopic (exact) mass is 326 g/mol. The second-order valence-corrected chi connectivity index (χ2v) is 6.21. The molecular formula is C17H18N4OS. The Balaban J connectivity index is 1.40. The van der Waals surface area contributed by atoms with Crippen molar-refractivity contribution in [1.29, 1.82) is 0 Å². The van der Waals surface area contributed by atoms with E-state index in [-0.39, 0.29) is 5.91 Å². The van der Waals surface area contributed by atoms with Crippen LogP contribution in [0.5, 0.6) is 0 Å². The minimum Gasteiger partial charge on any atom is -0.353 e. The number of nitrogens with zero attached hydrogens (tertiary/aromatic N) is 3. The topological polar surface area (TPSA) is 59.8 Å². The zero-order valence-corrected chi connectivity index (χ0v) is 13.5. The third kappa shape index (κ3) is 4.50. The lowest BCUT2D eigenvalue weighted by Gasteiger charge is -2.03. The molecular weight excluding hydrogens is 308 g/mol. The number of benzene rings is 1. The number of fused-ring (bicyclic) bond motifs is 1. The van der Waals surface area contributed by atoms with E-state index in [4.69, 9.17) is 0 Å². The fourth-order valence-corrected chi connectivity index (χ4v) is 3.09. The highest BCUT2D eigenvalue weighted by Gasteiger charge is 2.01. The molecule has 23 heavy (non-hydrogen) atoms. The first-order chi connectivity index (χ1) is 11.3. The number of nitrogens with one attached hydrogen (secondary N) is 1. The highest BCUT2D eigenvalue weighted by Crippen LogP contribution is 2.22. The van der Waals surface area contributed by atoms with E-state index in [1.165, 1.54) is 0 Å². The lowest BCUT2D eigenvalue weighted by Crippen LogP contribution is -2.22. The van der Waals surface area contributed by atoms with E-state index in [1.54, 1.807) is 36.0 Å². The second-order valence-electron chi connectivity index (χ2n) is 5.15. The summed E-state index contributed by atoms with van der Waals surface area (Å²) in [4.78, 5) is 20.3. The molecule has 3 rings (SSSR count). The van der Waals surface area contributed by atoms with Crippen LogP contribution < -0.4 is 5.32 Å². The predicted molar refractivity (Wildman–Crippen MR) is 93.1 cm³/mol. The Labute approximate surface area is 138 Å². The zero-order chi connectivity index (χ0) is 15.9. The summed E-state index contributed by atoms with van der Waals surface area (Å²) in [6.07, 6.45) is 10.8. The van der Waals surface area contributed by atoms with Gasteiger partial charge in [0, 0.05) is 31.6 Å². The van der Waals surface area contributed by atoms with Gasteiger partial charge in [0.25, 0.3) is 0 Å². The maximum Gasteiger partial charge on any atom is 0.244 e. The maximum absolute atomic E-state index is 11.8. The van der Waals surface area contributed by atoms with Crippen LogP contribution in [0.4, 0.5) is 0 Å². The molecule has 0 bridgehead atoms. The van der Waals surface area contributed by atoms with Crippen LogP contribution in [0, 0.1) is 0 Å². The van der Waals surface area contributed by atoms with Crippen LogP contribution in [-0.2, 0) is 11.3 Å². The summed E-state index contributed by atoms with van der Waals surface area (Å²) in [7, 11) is 0. The number of rotatable bonds is 7. The van der Waals surface area contributed by atoms with E-state index in [0.717, 1.165) is 34.6 Å². The lowest BCUT2D eigenvalue weighted by atomic mass is 10.3. The number of hydrogen-bond acceptors (Lipinski definition) is 4. The van der Waals surface area contributed by atoms with Gasteiger partial charge in [0.1, 0.15) is 5.01 Å². The van der Waals surface area contributed by atoms with Crippen molar-refractivity contribution in [3.63, 3.8) is 0 Å². The van der Waals surface area contributed by atoms with Gasteiger partial charge in [0.15, 0.2) is 0 Å². The average Bonchev–Trinajstić information content (AvgIpc) is 3.21. The number of thiazole rings is 1. The van der Waals surface area contributed by atoms with Crippen molar-refractivity contribution in [3.8, 4) is 0 Å². The van der Waals surface area contributed by atoms with Crippen LogP contribution in [0.2, 0.25) is 0 Å². The first-order valence-corrected chi connectivity index (χ1v) is 8.40. The number of para-hydroxylation sites is 1. The minimum atomic E-state index is -0.0770. The number of hydrogen-bond donors (Lipinski definition) is 1. The molecule has 2 heterocycles. The van der Waals surface area contributed by atoms with Gasteiger partial charge >= 0.3 is 0 Å². The van der Waals surface area contributed by atoms with E-state index in [2.05, 4.69) is 15.3 Å². The molecule has 6 heteroatoms. The van der Waals surface area contributed by atoms with Gasteiger partial charge in [0.05, 0.1) is 16.5 Å². The summed E-state index contributed by atoms with van der Waals surface area (Å²) in [6.45, 7) is 1.61. The summed E-state index contributed by atoms with van der Waals surface area (Å²) in [5.74, 6) is -0.0770. The van der Waals surface area contributed by atoms with Crippen molar-refractivity contribution < 1.29 is 4.79 Å². The number of amides is 1. The highest BCUT2D eigenvalue weighted by atomic mass is 32.1. The van der Waals surface area contributed by atoms with E-state index in [9.17, 15) is 4.79 Å². The summed E-state index contributed by atoms with van der Waals surface area (Å²) >= 11 is 1.58. The highest BCUT2D eigenvalue weighted by molar-refractivity contribution is 7.19. The molecule has 5 nitrogen and oxygen atoms in total. The third-order valence-electron chi connectivity index (χ3n) is 3.39.